The van der Waals surface area contributed by atoms with E-state index < -0.39 is 23.8 Å². The lowest BCUT2D eigenvalue weighted by Crippen LogP contribution is -2.43. The van der Waals surface area contributed by atoms with Crippen LogP contribution in [0, 0.1) is 5.92 Å². The maximum Gasteiger partial charge on any atom is 0.336 e. The van der Waals surface area contributed by atoms with Crippen molar-refractivity contribution in [1.29, 1.82) is 0 Å². The molecule has 0 amide bonds. The normalized spacial score (nSPS) is 22.3. The molecule has 1 N–H and O–H groups in total. The van der Waals surface area contributed by atoms with Crippen LogP contribution in [0.1, 0.15) is 61.6 Å². The minimum absolute atomic E-state index is 0.201. The van der Waals surface area contributed by atoms with Gasteiger partial charge in [-0.25, -0.2) is 4.79 Å². The van der Waals surface area contributed by atoms with Gasteiger partial charge in [-0.15, -0.1) is 22.7 Å². The summed E-state index contributed by atoms with van der Waals surface area (Å²) >= 11 is 3.03. The first-order valence-corrected chi connectivity index (χ1v) is 13.4. The molecule has 0 saturated carbocycles. The summed E-state index contributed by atoms with van der Waals surface area (Å²) in [6.07, 6.45) is 1.99. The highest BCUT2D eigenvalue weighted by atomic mass is 32.1. The lowest BCUT2D eigenvalue weighted by atomic mass is 9.69. The second-order valence-corrected chi connectivity index (χ2v) is 10.2. The molecule has 8 heteroatoms. The fraction of sp³-hybridized carbons (Fsp3) is 0.423. The number of carbonyl (C=O) groups is 3. The number of rotatable bonds is 8. The summed E-state index contributed by atoms with van der Waals surface area (Å²) in [5.74, 6) is -3.04. The third kappa shape index (κ3) is 4.49. The van der Waals surface area contributed by atoms with Gasteiger partial charge in [0.25, 0.3) is 0 Å². The molecule has 2 aliphatic rings. The molecular weight excluding hydrogens is 470 g/mol. The smallest absolute Gasteiger partial charge is 0.336 e. The minimum Gasteiger partial charge on any atom is -0.465 e. The lowest BCUT2D eigenvalue weighted by Gasteiger charge is -2.39. The van der Waals surface area contributed by atoms with E-state index in [1.807, 2.05) is 35.0 Å². The van der Waals surface area contributed by atoms with Crippen molar-refractivity contribution in [2.24, 2.45) is 5.92 Å². The Labute approximate surface area is 207 Å². The first kappa shape index (κ1) is 24.4. The minimum atomic E-state index is -0.946. The van der Waals surface area contributed by atoms with Crippen LogP contribution < -0.4 is 5.32 Å². The van der Waals surface area contributed by atoms with E-state index in [0.29, 0.717) is 24.0 Å². The van der Waals surface area contributed by atoms with Crippen molar-refractivity contribution >= 4 is 40.4 Å². The largest absolute Gasteiger partial charge is 0.465 e. The van der Waals surface area contributed by atoms with Crippen LogP contribution in [-0.4, -0.2) is 30.9 Å². The predicted octanol–water partition coefficient (Wildman–Crippen LogP) is 5.30. The van der Waals surface area contributed by atoms with E-state index in [0.717, 1.165) is 27.6 Å². The molecule has 2 aromatic heterocycles. The van der Waals surface area contributed by atoms with Gasteiger partial charge in [-0.05, 0) is 49.6 Å². The molecule has 2 aromatic rings. The van der Waals surface area contributed by atoms with Crippen LogP contribution in [0.5, 0.6) is 0 Å². The van der Waals surface area contributed by atoms with E-state index in [1.54, 1.807) is 13.8 Å². The highest BCUT2D eigenvalue weighted by Crippen LogP contribution is 2.50. The van der Waals surface area contributed by atoms with E-state index >= 15 is 0 Å². The van der Waals surface area contributed by atoms with E-state index in [4.69, 9.17) is 9.47 Å². The highest BCUT2D eigenvalue weighted by molar-refractivity contribution is 7.10. The van der Waals surface area contributed by atoms with Crippen molar-refractivity contribution in [1.82, 2.24) is 5.32 Å². The van der Waals surface area contributed by atoms with Crippen molar-refractivity contribution in [3.05, 3.63) is 67.3 Å². The molecule has 0 spiro atoms. The first-order chi connectivity index (χ1) is 16.5. The molecule has 34 heavy (non-hydrogen) atoms. The number of ether oxygens (including phenoxy) is 2. The molecule has 3 heterocycles. The zero-order valence-corrected chi connectivity index (χ0v) is 21.2. The number of ketones is 1. The summed E-state index contributed by atoms with van der Waals surface area (Å²) in [5, 5.41) is 7.34. The fourth-order valence-electron chi connectivity index (χ4n) is 4.86. The molecular formula is C26H29NO5S2. The average Bonchev–Trinajstić information content (AvgIpc) is 3.53. The van der Waals surface area contributed by atoms with Gasteiger partial charge in [-0.2, -0.15) is 0 Å². The number of nitrogens with one attached hydrogen (secondary N) is 1. The molecule has 4 rings (SSSR count). The van der Waals surface area contributed by atoms with Gasteiger partial charge in [-0.1, -0.05) is 25.5 Å². The SMILES string of the molecule is CCCC1=C(C(=O)OCC)C(c2cccs2)C2=C(CC(c3cccs3)C(C(=O)OCC)C2=O)N1. The maximum atomic E-state index is 14.1. The Balaban J connectivity index is 1.88. The third-order valence-electron chi connectivity index (χ3n) is 6.18. The standard InChI is InChI=1S/C26H29NO5S2/c1-4-9-16-22(26(30)32-6-3)23(19-11-8-13-34-19)21-17(27-16)14-15(18-10-7-12-33-18)20(24(21)28)25(29)31-5-2/h7-8,10-13,15,20,23,27H,4-6,9,14H2,1-3H3. The van der Waals surface area contributed by atoms with Crippen LogP contribution in [0.15, 0.2) is 57.6 Å². The number of thiophene rings is 2. The Morgan fingerprint density at radius 2 is 1.71 bits per heavy atom. The maximum absolute atomic E-state index is 14.1. The molecule has 6 nitrogen and oxygen atoms in total. The topological polar surface area (TPSA) is 81.7 Å². The van der Waals surface area contributed by atoms with Gasteiger partial charge in [0.1, 0.15) is 5.92 Å². The van der Waals surface area contributed by atoms with Crippen molar-refractivity contribution in [3.8, 4) is 0 Å². The number of allylic oxidation sites excluding steroid dienone is 3. The fourth-order valence-corrected chi connectivity index (χ4v) is 6.57. The Kier molecular flexibility index (Phi) is 7.68. The molecule has 3 unspecified atom stereocenters. The summed E-state index contributed by atoms with van der Waals surface area (Å²) in [4.78, 5) is 42.3. The van der Waals surface area contributed by atoms with E-state index in [-0.39, 0.29) is 24.9 Å². The number of hydrogen-bond donors (Lipinski definition) is 1. The summed E-state index contributed by atoms with van der Waals surface area (Å²) in [6.45, 7) is 6.01. The van der Waals surface area contributed by atoms with E-state index in [1.165, 1.54) is 22.7 Å². The summed E-state index contributed by atoms with van der Waals surface area (Å²) in [5.41, 5.74) is 2.54. The molecule has 1 aliphatic carbocycles. The number of carbonyl (C=O) groups excluding carboxylic acids is 3. The van der Waals surface area contributed by atoms with Gasteiger partial charge in [0.15, 0.2) is 5.78 Å². The Bertz CT molecular complexity index is 1110. The molecule has 0 bridgehead atoms. The van der Waals surface area contributed by atoms with Crippen LogP contribution in [0.25, 0.3) is 0 Å². The van der Waals surface area contributed by atoms with Gasteiger partial charge < -0.3 is 14.8 Å². The van der Waals surface area contributed by atoms with Crippen LogP contribution in [0.4, 0.5) is 0 Å². The van der Waals surface area contributed by atoms with Crippen molar-refractivity contribution in [2.45, 2.75) is 51.9 Å². The van der Waals surface area contributed by atoms with Crippen LogP contribution in [0.2, 0.25) is 0 Å². The van der Waals surface area contributed by atoms with Crippen LogP contribution in [-0.2, 0) is 23.9 Å². The van der Waals surface area contributed by atoms with E-state index in [2.05, 4.69) is 12.2 Å². The number of Topliss-reactive ketones (excluding diaryl/α,β-unsaturated/α-hetero) is 1. The third-order valence-corrected chi connectivity index (χ3v) is 8.12. The van der Waals surface area contributed by atoms with Crippen molar-refractivity contribution < 1.29 is 23.9 Å². The van der Waals surface area contributed by atoms with Gasteiger partial charge in [-0.3, -0.25) is 9.59 Å². The zero-order chi connectivity index (χ0) is 24.2. The molecule has 0 aromatic carbocycles. The highest BCUT2D eigenvalue weighted by Gasteiger charge is 2.49. The lowest BCUT2D eigenvalue weighted by molar-refractivity contribution is -0.152. The van der Waals surface area contributed by atoms with Gasteiger partial charge in [0.05, 0.1) is 24.7 Å². The molecule has 180 valence electrons. The number of dihydropyridines is 1. The second-order valence-electron chi connectivity index (χ2n) is 8.25. The van der Waals surface area contributed by atoms with Crippen LogP contribution >= 0.6 is 22.7 Å². The summed E-state index contributed by atoms with van der Waals surface area (Å²) in [7, 11) is 0. The summed E-state index contributed by atoms with van der Waals surface area (Å²) < 4.78 is 10.8. The van der Waals surface area contributed by atoms with Crippen LogP contribution in [0.3, 0.4) is 0 Å². The molecule has 0 fully saturated rings. The summed E-state index contributed by atoms with van der Waals surface area (Å²) in [6, 6.07) is 7.74. The van der Waals surface area contributed by atoms with Crippen molar-refractivity contribution in [3.63, 3.8) is 0 Å². The predicted molar refractivity (Wildman–Crippen MR) is 133 cm³/mol. The number of hydrogen-bond acceptors (Lipinski definition) is 8. The first-order valence-electron chi connectivity index (χ1n) is 11.7. The molecule has 3 atom stereocenters. The molecule has 0 saturated heterocycles. The van der Waals surface area contributed by atoms with E-state index in [9.17, 15) is 14.4 Å². The van der Waals surface area contributed by atoms with Gasteiger partial charge >= 0.3 is 11.9 Å². The monoisotopic (exact) mass is 499 g/mol. The Morgan fingerprint density at radius 1 is 1.03 bits per heavy atom. The quantitative estimate of drug-likeness (QED) is 0.392. The average molecular weight is 500 g/mol. The van der Waals surface area contributed by atoms with Gasteiger partial charge in [0, 0.05) is 32.6 Å². The molecule has 0 radical (unpaired) electrons. The zero-order valence-electron chi connectivity index (χ0n) is 19.6. The van der Waals surface area contributed by atoms with Crippen molar-refractivity contribution in [2.75, 3.05) is 13.2 Å². The second kappa shape index (κ2) is 10.7. The Hall–Kier alpha value is -2.71. The Morgan fingerprint density at radius 3 is 2.29 bits per heavy atom. The number of esters is 2. The van der Waals surface area contributed by atoms with Gasteiger partial charge in [0.2, 0.25) is 0 Å². The molecule has 1 aliphatic heterocycles.